The number of nitro benzene ring substituents is 1. The molecule has 1 aromatic carbocycles. The van der Waals surface area contributed by atoms with Crippen molar-refractivity contribution in [1.29, 1.82) is 0 Å². The molecule has 112 valence electrons. The number of nitrogens with zero attached hydrogens (tertiary/aromatic N) is 2. The van der Waals surface area contributed by atoms with Crippen molar-refractivity contribution in [3.8, 4) is 0 Å². The minimum atomic E-state index is -0.734. The summed E-state index contributed by atoms with van der Waals surface area (Å²) in [6.45, 7) is 0.552. The summed E-state index contributed by atoms with van der Waals surface area (Å²) in [5, 5.41) is 20.3. The van der Waals surface area contributed by atoms with Crippen LogP contribution < -0.4 is 0 Å². The fraction of sp³-hybridized carbons (Fsp3) is 0.500. The molecular weight excluding hydrogens is 296 g/mol. The highest BCUT2D eigenvalue weighted by Crippen LogP contribution is 2.43. The summed E-state index contributed by atoms with van der Waals surface area (Å²) in [4.78, 5) is 23.7. The highest BCUT2D eigenvalue weighted by molar-refractivity contribution is 6.31. The van der Waals surface area contributed by atoms with E-state index in [4.69, 9.17) is 11.6 Å². The van der Waals surface area contributed by atoms with E-state index in [1.54, 1.807) is 6.07 Å². The van der Waals surface area contributed by atoms with Crippen molar-refractivity contribution in [1.82, 2.24) is 4.90 Å². The zero-order chi connectivity index (χ0) is 15.1. The molecular formula is C14H15ClN2O4. The number of fused-ring (bicyclic) bond motifs is 2. The molecule has 0 amide bonds. The van der Waals surface area contributed by atoms with Crippen LogP contribution in [0.3, 0.4) is 0 Å². The van der Waals surface area contributed by atoms with Gasteiger partial charge in [-0.25, -0.2) is 0 Å². The molecule has 1 aromatic rings. The zero-order valence-corrected chi connectivity index (χ0v) is 12.0. The number of nitro groups is 1. The van der Waals surface area contributed by atoms with Gasteiger partial charge in [-0.2, -0.15) is 0 Å². The molecule has 21 heavy (non-hydrogen) atoms. The van der Waals surface area contributed by atoms with Crippen LogP contribution in [0.15, 0.2) is 18.2 Å². The average molecular weight is 311 g/mol. The van der Waals surface area contributed by atoms with Crippen molar-refractivity contribution in [2.24, 2.45) is 5.92 Å². The molecule has 2 heterocycles. The van der Waals surface area contributed by atoms with Crippen LogP contribution in [0.1, 0.15) is 24.8 Å². The van der Waals surface area contributed by atoms with Crippen molar-refractivity contribution in [3.63, 3.8) is 0 Å². The minimum absolute atomic E-state index is 0.0310. The van der Waals surface area contributed by atoms with Crippen molar-refractivity contribution in [2.45, 2.75) is 37.9 Å². The molecule has 3 atom stereocenters. The maximum absolute atomic E-state index is 11.2. The Morgan fingerprint density at radius 1 is 1.48 bits per heavy atom. The molecule has 0 radical (unpaired) electrons. The first-order valence-corrected chi connectivity index (χ1v) is 7.26. The maximum atomic E-state index is 11.2. The van der Waals surface area contributed by atoms with Crippen LogP contribution in [-0.4, -0.2) is 33.0 Å². The summed E-state index contributed by atoms with van der Waals surface area (Å²) in [5.74, 6) is -1.04. The highest BCUT2D eigenvalue weighted by Gasteiger charge is 2.49. The van der Waals surface area contributed by atoms with Crippen LogP contribution in [0, 0.1) is 16.0 Å². The Hall–Kier alpha value is -1.66. The fourth-order valence-corrected chi connectivity index (χ4v) is 3.82. The Bertz CT molecular complexity index is 607. The first kappa shape index (κ1) is 14.3. The van der Waals surface area contributed by atoms with Crippen LogP contribution in [0.4, 0.5) is 5.69 Å². The lowest BCUT2D eigenvalue weighted by Gasteiger charge is -2.23. The molecule has 3 unspecified atom stereocenters. The van der Waals surface area contributed by atoms with Crippen LogP contribution in [0.5, 0.6) is 0 Å². The fourth-order valence-electron chi connectivity index (χ4n) is 3.59. The third kappa shape index (κ3) is 2.49. The first-order chi connectivity index (χ1) is 9.97. The predicted molar refractivity (Wildman–Crippen MR) is 76.2 cm³/mol. The van der Waals surface area contributed by atoms with Gasteiger partial charge in [-0.15, -0.1) is 0 Å². The molecule has 0 spiro atoms. The molecule has 3 rings (SSSR count). The third-order valence-corrected chi connectivity index (χ3v) is 4.95. The van der Waals surface area contributed by atoms with Gasteiger partial charge in [0.05, 0.1) is 15.9 Å². The second kappa shape index (κ2) is 5.27. The average Bonchev–Trinajstić information content (AvgIpc) is 2.98. The van der Waals surface area contributed by atoms with E-state index >= 15 is 0 Å². The van der Waals surface area contributed by atoms with Gasteiger partial charge in [0.15, 0.2) is 0 Å². The second-order valence-electron chi connectivity index (χ2n) is 5.68. The number of aliphatic carboxylic acids is 1. The summed E-state index contributed by atoms with van der Waals surface area (Å²) in [5.41, 5.74) is 0.779. The zero-order valence-electron chi connectivity index (χ0n) is 11.2. The lowest BCUT2D eigenvalue weighted by Crippen LogP contribution is -2.32. The van der Waals surface area contributed by atoms with Crippen molar-refractivity contribution < 1.29 is 14.8 Å². The van der Waals surface area contributed by atoms with E-state index in [-0.39, 0.29) is 23.7 Å². The molecule has 0 aromatic heterocycles. The molecule has 0 saturated carbocycles. The van der Waals surface area contributed by atoms with Crippen molar-refractivity contribution >= 4 is 23.3 Å². The first-order valence-electron chi connectivity index (χ1n) is 6.88. The normalized spacial score (nSPS) is 28.0. The number of carbonyl (C=O) groups is 1. The molecule has 2 aliphatic rings. The summed E-state index contributed by atoms with van der Waals surface area (Å²) in [6, 6.07) is 4.78. The molecule has 2 fully saturated rings. The van der Waals surface area contributed by atoms with Gasteiger partial charge in [0.25, 0.3) is 5.69 Å². The number of rotatable bonds is 4. The van der Waals surface area contributed by atoms with Gasteiger partial charge in [0.2, 0.25) is 0 Å². The lowest BCUT2D eigenvalue weighted by atomic mass is 9.89. The lowest BCUT2D eigenvalue weighted by molar-refractivity contribution is -0.384. The van der Waals surface area contributed by atoms with E-state index in [0.717, 1.165) is 18.4 Å². The number of carboxylic acids is 1. The standard InChI is InChI=1S/C14H15ClN2O4/c15-12-6-10(17(20)21)2-1-8(12)7-16-9-3-4-13(16)11(5-9)14(18)19/h1-2,6,9,11,13H,3-5,7H2,(H,18,19). The van der Waals surface area contributed by atoms with E-state index in [1.165, 1.54) is 12.1 Å². The third-order valence-electron chi connectivity index (χ3n) is 4.60. The quantitative estimate of drug-likeness (QED) is 0.683. The number of benzene rings is 1. The Balaban J connectivity index is 1.79. The van der Waals surface area contributed by atoms with Crippen molar-refractivity contribution in [2.75, 3.05) is 0 Å². The summed E-state index contributed by atoms with van der Waals surface area (Å²) in [7, 11) is 0. The Kier molecular flexibility index (Phi) is 3.59. The molecule has 2 aliphatic heterocycles. The smallest absolute Gasteiger partial charge is 0.308 e. The van der Waals surface area contributed by atoms with E-state index in [0.29, 0.717) is 18.0 Å². The van der Waals surface area contributed by atoms with Crippen LogP contribution in [-0.2, 0) is 11.3 Å². The van der Waals surface area contributed by atoms with E-state index in [1.807, 2.05) is 0 Å². The van der Waals surface area contributed by atoms with Crippen LogP contribution >= 0.6 is 11.6 Å². The SMILES string of the molecule is O=C(O)C1CC2CCC1N2Cc1ccc([N+](=O)[O-])cc1Cl. The second-order valence-corrected chi connectivity index (χ2v) is 6.09. The van der Waals surface area contributed by atoms with Crippen molar-refractivity contribution in [3.05, 3.63) is 38.9 Å². The molecule has 6 nitrogen and oxygen atoms in total. The van der Waals surface area contributed by atoms with E-state index in [2.05, 4.69) is 4.90 Å². The molecule has 0 aliphatic carbocycles. The summed E-state index contributed by atoms with van der Waals surface area (Å²) >= 11 is 6.12. The molecule has 7 heteroatoms. The number of hydrogen-bond acceptors (Lipinski definition) is 4. The van der Waals surface area contributed by atoms with Gasteiger partial charge in [-0.1, -0.05) is 11.6 Å². The van der Waals surface area contributed by atoms with E-state index in [9.17, 15) is 20.0 Å². The largest absolute Gasteiger partial charge is 0.481 e. The minimum Gasteiger partial charge on any atom is -0.481 e. The van der Waals surface area contributed by atoms with Crippen LogP contribution in [0.25, 0.3) is 0 Å². The molecule has 1 N–H and O–H groups in total. The number of halogens is 1. The Labute approximate surface area is 126 Å². The highest BCUT2D eigenvalue weighted by atomic mass is 35.5. The summed E-state index contributed by atoms with van der Waals surface area (Å²) in [6.07, 6.45) is 2.59. The monoisotopic (exact) mass is 310 g/mol. The van der Waals surface area contributed by atoms with Gasteiger partial charge in [0.1, 0.15) is 0 Å². The topological polar surface area (TPSA) is 83.7 Å². The Morgan fingerprint density at radius 2 is 2.24 bits per heavy atom. The molecule has 2 bridgehead atoms. The van der Waals surface area contributed by atoms with Gasteiger partial charge in [-0.3, -0.25) is 19.8 Å². The van der Waals surface area contributed by atoms with Gasteiger partial charge < -0.3 is 5.11 Å². The van der Waals surface area contributed by atoms with E-state index < -0.39 is 10.9 Å². The van der Waals surface area contributed by atoms with Gasteiger partial charge in [-0.05, 0) is 30.9 Å². The number of hydrogen-bond donors (Lipinski definition) is 1. The summed E-state index contributed by atoms with van der Waals surface area (Å²) < 4.78 is 0. The molecule has 2 saturated heterocycles. The predicted octanol–water partition coefficient (Wildman–Crippen LogP) is 2.69. The maximum Gasteiger partial charge on any atom is 0.308 e. The number of non-ortho nitro benzene ring substituents is 1. The van der Waals surface area contributed by atoms with Crippen LogP contribution in [0.2, 0.25) is 5.02 Å². The van der Waals surface area contributed by atoms with Gasteiger partial charge in [0, 0.05) is 30.8 Å². The number of carboxylic acid groups (broad SMARTS) is 1. The Morgan fingerprint density at radius 3 is 2.81 bits per heavy atom. The van der Waals surface area contributed by atoms with Gasteiger partial charge >= 0.3 is 5.97 Å².